The minimum atomic E-state index is -3.69. The lowest BCUT2D eigenvalue weighted by Gasteiger charge is -2.05. The molecule has 1 aliphatic heterocycles. The second-order valence-corrected chi connectivity index (χ2v) is 5.02. The highest BCUT2D eigenvalue weighted by molar-refractivity contribution is 8.09. The van der Waals surface area contributed by atoms with Crippen molar-refractivity contribution in [1.82, 2.24) is 0 Å². The summed E-state index contributed by atoms with van der Waals surface area (Å²) in [7, 11) is -3.69. The molecular weight excluding hydrogens is 222 g/mol. The molecule has 0 amide bonds. The summed E-state index contributed by atoms with van der Waals surface area (Å²) in [6.45, 7) is 3.29. The summed E-state index contributed by atoms with van der Waals surface area (Å²) in [5.41, 5.74) is -0.475. The van der Waals surface area contributed by atoms with E-state index in [0.29, 0.717) is 5.41 Å². The number of carbonyl (C=O) groups is 1. The summed E-state index contributed by atoms with van der Waals surface area (Å²) in [6.07, 6.45) is -0.142. The van der Waals surface area contributed by atoms with Gasteiger partial charge in [-0.05, 0) is 13.8 Å². The Morgan fingerprint density at radius 1 is 1.60 bits per heavy atom. The lowest BCUT2D eigenvalue weighted by molar-refractivity contribution is -0.132. The molecule has 0 atom stereocenters. The standard InChI is InChI=1S/C8H11NO5S/c1-5(2)14-3-7-9-6(8(10)11)4-15(7,12)13/h4-5H,3H2,1-2H3,(H,10,11). The van der Waals surface area contributed by atoms with Gasteiger partial charge in [0, 0.05) is 0 Å². The van der Waals surface area contributed by atoms with Crippen molar-refractivity contribution >= 4 is 20.9 Å². The van der Waals surface area contributed by atoms with Crippen molar-refractivity contribution in [3.05, 3.63) is 11.1 Å². The monoisotopic (exact) mass is 233 g/mol. The third-order valence-corrected chi connectivity index (χ3v) is 3.00. The van der Waals surface area contributed by atoms with Gasteiger partial charge in [0.15, 0.2) is 10.7 Å². The fraction of sp³-hybridized carbons (Fsp3) is 0.500. The summed E-state index contributed by atoms with van der Waals surface area (Å²) in [5, 5.41) is 8.94. The predicted octanol–water partition coefficient (Wildman–Crippen LogP) is 0.164. The normalized spacial score (nSPS) is 18.9. The van der Waals surface area contributed by atoms with E-state index in [2.05, 4.69) is 4.99 Å². The Morgan fingerprint density at radius 3 is 2.60 bits per heavy atom. The van der Waals surface area contributed by atoms with Crippen LogP contribution in [0, 0.1) is 0 Å². The number of sulfone groups is 1. The molecule has 1 N–H and O–H groups in total. The highest BCUT2D eigenvalue weighted by Crippen LogP contribution is 2.15. The number of hydrogen-bond acceptors (Lipinski definition) is 5. The van der Waals surface area contributed by atoms with Crippen LogP contribution in [0.25, 0.3) is 0 Å². The fourth-order valence-electron chi connectivity index (χ4n) is 0.890. The van der Waals surface area contributed by atoms with Crippen molar-refractivity contribution < 1.29 is 23.1 Å². The van der Waals surface area contributed by atoms with E-state index in [9.17, 15) is 13.2 Å². The zero-order valence-electron chi connectivity index (χ0n) is 8.30. The molecule has 0 unspecified atom stereocenters. The molecule has 1 heterocycles. The molecule has 0 aromatic carbocycles. The van der Waals surface area contributed by atoms with E-state index in [1.165, 1.54) is 0 Å². The largest absolute Gasteiger partial charge is 0.476 e. The molecular formula is C8H11NO5S. The number of rotatable bonds is 4. The molecule has 0 aliphatic carbocycles. The zero-order valence-corrected chi connectivity index (χ0v) is 9.11. The van der Waals surface area contributed by atoms with Gasteiger partial charge in [0.05, 0.1) is 11.5 Å². The van der Waals surface area contributed by atoms with Crippen LogP contribution in [0.4, 0.5) is 0 Å². The molecule has 1 rings (SSSR count). The van der Waals surface area contributed by atoms with Crippen LogP contribution in [0.5, 0.6) is 0 Å². The van der Waals surface area contributed by atoms with E-state index in [-0.39, 0.29) is 17.8 Å². The first-order chi connectivity index (χ1) is 6.83. The summed E-state index contributed by atoms with van der Waals surface area (Å²) < 4.78 is 27.7. The quantitative estimate of drug-likeness (QED) is 0.746. The Morgan fingerprint density at radius 2 is 2.20 bits per heavy atom. The van der Waals surface area contributed by atoms with Crippen LogP contribution in [0.2, 0.25) is 0 Å². The Hall–Kier alpha value is -1.21. The SMILES string of the molecule is CC(C)OCC1=NC(C(=O)O)=CS1(=O)=O. The van der Waals surface area contributed by atoms with Crippen LogP contribution >= 0.6 is 0 Å². The number of carboxylic acid groups (broad SMARTS) is 1. The number of nitrogens with zero attached hydrogens (tertiary/aromatic N) is 1. The maximum Gasteiger partial charge on any atom is 0.355 e. The van der Waals surface area contributed by atoms with E-state index < -0.39 is 21.5 Å². The number of aliphatic carboxylic acids is 1. The number of hydrogen-bond donors (Lipinski definition) is 1. The van der Waals surface area contributed by atoms with E-state index in [0.717, 1.165) is 0 Å². The Labute approximate surface area is 87.2 Å². The Bertz CT molecular complexity index is 432. The molecule has 84 valence electrons. The zero-order chi connectivity index (χ0) is 11.6. The van der Waals surface area contributed by atoms with Gasteiger partial charge in [-0.2, -0.15) is 0 Å². The van der Waals surface area contributed by atoms with Crippen LogP contribution in [-0.4, -0.2) is 37.2 Å². The Kier molecular flexibility index (Phi) is 3.25. The Balaban J connectivity index is 2.85. The molecule has 0 radical (unpaired) electrons. The van der Waals surface area contributed by atoms with Gasteiger partial charge in [-0.25, -0.2) is 18.2 Å². The number of ether oxygens (including phenoxy) is 1. The molecule has 15 heavy (non-hydrogen) atoms. The summed E-state index contributed by atoms with van der Waals surface area (Å²) >= 11 is 0. The van der Waals surface area contributed by atoms with Crippen LogP contribution < -0.4 is 0 Å². The second-order valence-electron chi connectivity index (χ2n) is 3.22. The molecule has 7 heteroatoms. The summed E-state index contributed by atoms with van der Waals surface area (Å²) in [4.78, 5) is 14.0. The fourth-order valence-corrected chi connectivity index (χ4v) is 1.93. The topological polar surface area (TPSA) is 93.0 Å². The van der Waals surface area contributed by atoms with Crippen LogP contribution in [0.3, 0.4) is 0 Å². The molecule has 1 aliphatic rings. The molecule has 0 spiro atoms. The third-order valence-electron chi connectivity index (χ3n) is 1.60. The lowest BCUT2D eigenvalue weighted by atomic mass is 10.5. The average Bonchev–Trinajstić information content (AvgIpc) is 2.37. The van der Waals surface area contributed by atoms with Crippen LogP contribution in [0.15, 0.2) is 16.1 Å². The predicted molar refractivity (Wildman–Crippen MR) is 53.2 cm³/mol. The molecule has 6 nitrogen and oxygen atoms in total. The first kappa shape index (κ1) is 11.9. The maximum atomic E-state index is 11.3. The van der Waals surface area contributed by atoms with Crippen molar-refractivity contribution in [2.75, 3.05) is 6.61 Å². The van der Waals surface area contributed by atoms with Gasteiger partial charge in [-0.1, -0.05) is 0 Å². The second kappa shape index (κ2) is 4.11. The van der Waals surface area contributed by atoms with Gasteiger partial charge in [0.25, 0.3) is 0 Å². The van der Waals surface area contributed by atoms with Crippen molar-refractivity contribution in [3.63, 3.8) is 0 Å². The van der Waals surface area contributed by atoms with Crippen LogP contribution in [0.1, 0.15) is 13.8 Å². The van der Waals surface area contributed by atoms with Gasteiger partial charge in [0.2, 0.25) is 9.84 Å². The van der Waals surface area contributed by atoms with Gasteiger partial charge in [-0.3, -0.25) is 0 Å². The number of carboxylic acids is 1. The molecule has 0 saturated heterocycles. The van der Waals surface area contributed by atoms with Gasteiger partial charge < -0.3 is 9.84 Å². The van der Waals surface area contributed by atoms with Crippen molar-refractivity contribution in [2.24, 2.45) is 4.99 Å². The summed E-state index contributed by atoms with van der Waals surface area (Å²) in [5.74, 6) is -1.36. The van der Waals surface area contributed by atoms with E-state index in [4.69, 9.17) is 9.84 Å². The minimum Gasteiger partial charge on any atom is -0.476 e. The van der Waals surface area contributed by atoms with Crippen LogP contribution in [-0.2, 0) is 19.4 Å². The van der Waals surface area contributed by atoms with Crippen molar-refractivity contribution in [1.29, 1.82) is 0 Å². The molecule has 0 fully saturated rings. The first-order valence-electron chi connectivity index (χ1n) is 4.22. The highest BCUT2D eigenvalue weighted by atomic mass is 32.2. The molecule has 0 saturated carbocycles. The smallest absolute Gasteiger partial charge is 0.355 e. The molecule has 0 bridgehead atoms. The van der Waals surface area contributed by atoms with Crippen molar-refractivity contribution in [2.45, 2.75) is 20.0 Å². The summed E-state index contributed by atoms with van der Waals surface area (Å²) in [6, 6.07) is 0. The van der Waals surface area contributed by atoms with E-state index in [1.54, 1.807) is 13.8 Å². The minimum absolute atomic E-state index is 0.142. The van der Waals surface area contributed by atoms with E-state index >= 15 is 0 Å². The lowest BCUT2D eigenvalue weighted by Crippen LogP contribution is -2.18. The van der Waals surface area contributed by atoms with Gasteiger partial charge >= 0.3 is 5.97 Å². The maximum absolute atomic E-state index is 11.3. The highest BCUT2D eigenvalue weighted by Gasteiger charge is 2.28. The number of aliphatic imine (C=N–C) groups is 1. The first-order valence-corrected chi connectivity index (χ1v) is 5.77. The van der Waals surface area contributed by atoms with Crippen molar-refractivity contribution in [3.8, 4) is 0 Å². The van der Waals surface area contributed by atoms with Gasteiger partial charge in [-0.15, -0.1) is 0 Å². The molecule has 0 aromatic heterocycles. The molecule has 0 aromatic rings. The van der Waals surface area contributed by atoms with E-state index in [1.807, 2.05) is 0 Å². The average molecular weight is 233 g/mol. The third kappa shape index (κ3) is 2.87. The van der Waals surface area contributed by atoms with Gasteiger partial charge in [0.1, 0.15) is 6.61 Å².